The topological polar surface area (TPSA) is 31.4 Å². The number of nitrogens with one attached hydrogen (secondary N) is 1. The van der Waals surface area contributed by atoms with Gasteiger partial charge < -0.3 is 15.1 Å². The van der Waals surface area contributed by atoms with Gasteiger partial charge in [-0.15, -0.1) is 0 Å². The molecule has 2 aromatic rings. The van der Waals surface area contributed by atoms with Gasteiger partial charge in [0.05, 0.1) is 12.4 Å². The molecule has 0 radical (unpaired) electrons. The van der Waals surface area contributed by atoms with Crippen LogP contribution in [0, 0.1) is 13.8 Å². The highest BCUT2D eigenvalue weighted by atomic mass is 15.3. The van der Waals surface area contributed by atoms with E-state index < -0.39 is 0 Å². The normalized spacial score (nSPS) is 17.2. The molecule has 0 saturated carbocycles. The number of aryl methyl sites for hydroxylation is 2. The molecule has 126 valence electrons. The maximum atomic E-state index is 4.68. The minimum absolute atomic E-state index is 0.867. The van der Waals surface area contributed by atoms with Gasteiger partial charge in [-0.2, -0.15) is 0 Å². The van der Waals surface area contributed by atoms with Gasteiger partial charge in [0.1, 0.15) is 0 Å². The van der Waals surface area contributed by atoms with Gasteiger partial charge >= 0.3 is 0 Å². The molecule has 1 aromatic heterocycles. The standard InChI is InChI=1S/C20H26N4/c1-15-6-5-7-16(2)19(15)17-12-18-20(21-13-17)22-14-24(18)11-10-23-8-3-4-9-23/h5-7,12-13H,3-4,8-11,14H2,1-2H3,(H,21,22). The second kappa shape index (κ2) is 6.44. The molecule has 1 N–H and O–H groups in total. The molecule has 0 amide bonds. The Morgan fingerprint density at radius 1 is 1.08 bits per heavy atom. The molecule has 4 nitrogen and oxygen atoms in total. The molecule has 2 aliphatic heterocycles. The first-order valence-electron chi connectivity index (χ1n) is 9.00. The summed E-state index contributed by atoms with van der Waals surface area (Å²) < 4.78 is 0. The SMILES string of the molecule is Cc1cccc(C)c1-c1cnc2c(c1)N(CCN1CCCC1)CN2. The Labute approximate surface area is 144 Å². The Bertz CT molecular complexity index is 714. The van der Waals surface area contributed by atoms with Crippen molar-refractivity contribution in [3.63, 3.8) is 0 Å². The first-order chi connectivity index (χ1) is 11.7. The summed E-state index contributed by atoms with van der Waals surface area (Å²) >= 11 is 0. The first-order valence-corrected chi connectivity index (χ1v) is 9.00. The summed E-state index contributed by atoms with van der Waals surface area (Å²) in [4.78, 5) is 9.68. The molecule has 3 heterocycles. The molecular formula is C20H26N4. The van der Waals surface area contributed by atoms with Gasteiger partial charge in [0, 0.05) is 24.8 Å². The number of hydrogen-bond acceptors (Lipinski definition) is 4. The van der Waals surface area contributed by atoms with Crippen molar-refractivity contribution in [1.29, 1.82) is 0 Å². The van der Waals surface area contributed by atoms with Crippen molar-refractivity contribution in [3.8, 4) is 11.1 Å². The number of benzene rings is 1. The fourth-order valence-corrected chi connectivity index (χ4v) is 3.96. The van der Waals surface area contributed by atoms with Gasteiger partial charge in [-0.05, 0) is 62.5 Å². The van der Waals surface area contributed by atoms with Crippen molar-refractivity contribution in [1.82, 2.24) is 9.88 Å². The molecule has 4 heteroatoms. The third kappa shape index (κ3) is 2.86. The lowest BCUT2D eigenvalue weighted by molar-refractivity contribution is 0.346. The summed E-state index contributed by atoms with van der Waals surface area (Å²) in [6, 6.07) is 8.79. The Morgan fingerprint density at radius 3 is 2.58 bits per heavy atom. The zero-order chi connectivity index (χ0) is 16.5. The lowest BCUT2D eigenvalue weighted by Gasteiger charge is -2.22. The van der Waals surface area contributed by atoms with Crippen molar-refractivity contribution < 1.29 is 0 Å². The van der Waals surface area contributed by atoms with Gasteiger partial charge in [0.15, 0.2) is 5.82 Å². The number of pyridine rings is 1. The molecule has 1 saturated heterocycles. The van der Waals surface area contributed by atoms with E-state index in [1.165, 1.54) is 53.9 Å². The second-order valence-corrected chi connectivity index (χ2v) is 7.01. The minimum Gasteiger partial charge on any atom is -0.351 e. The van der Waals surface area contributed by atoms with E-state index in [1.54, 1.807) is 0 Å². The maximum Gasteiger partial charge on any atom is 0.151 e. The van der Waals surface area contributed by atoms with Crippen LogP contribution < -0.4 is 10.2 Å². The summed E-state index contributed by atoms with van der Waals surface area (Å²) in [5, 5.41) is 3.43. The van der Waals surface area contributed by atoms with Crippen LogP contribution in [-0.4, -0.2) is 42.7 Å². The van der Waals surface area contributed by atoms with Gasteiger partial charge in [-0.1, -0.05) is 18.2 Å². The van der Waals surface area contributed by atoms with Gasteiger partial charge in [-0.3, -0.25) is 0 Å². The highest BCUT2D eigenvalue weighted by Crippen LogP contribution is 2.35. The smallest absolute Gasteiger partial charge is 0.151 e. The number of hydrogen-bond donors (Lipinski definition) is 1. The third-order valence-electron chi connectivity index (χ3n) is 5.30. The van der Waals surface area contributed by atoms with Gasteiger partial charge in [0.2, 0.25) is 0 Å². The largest absolute Gasteiger partial charge is 0.351 e. The third-order valence-corrected chi connectivity index (χ3v) is 5.30. The fraction of sp³-hybridized carbons (Fsp3) is 0.450. The monoisotopic (exact) mass is 322 g/mol. The number of rotatable bonds is 4. The van der Waals surface area contributed by atoms with E-state index in [2.05, 4.69) is 58.2 Å². The zero-order valence-corrected chi connectivity index (χ0v) is 14.7. The number of likely N-dealkylation sites (tertiary alicyclic amines) is 1. The summed E-state index contributed by atoms with van der Waals surface area (Å²) in [5.41, 5.74) is 6.41. The Balaban J connectivity index is 1.59. The van der Waals surface area contributed by atoms with E-state index in [1.807, 2.05) is 6.20 Å². The number of aromatic nitrogens is 1. The summed E-state index contributed by atoms with van der Waals surface area (Å²) in [6.07, 6.45) is 4.71. The second-order valence-electron chi connectivity index (χ2n) is 7.01. The number of anilines is 2. The van der Waals surface area contributed by atoms with Crippen molar-refractivity contribution in [2.75, 3.05) is 43.1 Å². The zero-order valence-electron chi connectivity index (χ0n) is 14.7. The molecule has 4 rings (SSSR count). The van der Waals surface area contributed by atoms with E-state index in [4.69, 9.17) is 0 Å². The molecule has 0 unspecified atom stereocenters. The molecular weight excluding hydrogens is 296 g/mol. The molecule has 2 aliphatic rings. The van der Waals surface area contributed by atoms with E-state index >= 15 is 0 Å². The van der Waals surface area contributed by atoms with Crippen molar-refractivity contribution >= 4 is 11.5 Å². The quantitative estimate of drug-likeness (QED) is 0.931. The van der Waals surface area contributed by atoms with E-state index in [9.17, 15) is 0 Å². The molecule has 1 fully saturated rings. The molecule has 1 aromatic carbocycles. The first kappa shape index (κ1) is 15.5. The summed E-state index contributed by atoms with van der Waals surface area (Å²) in [5.74, 6) is 1.02. The fourth-order valence-electron chi connectivity index (χ4n) is 3.96. The van der Waals surface area contributed by atoms with Gasteiger partial charge in [0.25, 0.3) is 0 Å². The molecule has 24 heavy (non-hydrogen) atoms. The molecule has 0 aliphatic carbocycles. The predicted octanol–water partition coefficient (Wildman–Crippen LogP) is 3.65. The van der Waals surface area contributed by atoms with Crippen LogP contribution in [-0.2, 0) is 0 Å². The number of nitrogens with zero attached hydrogens (tertiary/aromatic N) is 3. The van der Waals surface area contributed by atoms with E-state index in [0.717, 1.165) is 25.6 Å². The summed E-state index contributed by atoms with van der Waals surface area (Å²) in [7, 11) is 0. The van der Waals surface area contributed by atoms with Crippen LogP contribution in [0.1, 0.15) is 24.0 Å². The van der Waals surface area contributed by atoms with Crippen LogP contribution in [0.4, 0.5) is 11.5 Å². The average Bonchev–Trinajstić information content (AvgIpc) is 3.22. The van der Waals surface area contributed by atoms with Crippen molar-refractivity contribution in [2.24, 2.45) is 0 Å². The minimum atomic E-state index is 0.867. The Kier molecular flexibility index (Phi) is 4.15. The van der Waals surface area contributed by atoms with Crippen LogP contribution in [0.3, 0.4) is 0 Å². The molecule has 0 atom stereocenters. The van der Waals surface area contributed by atoms with Crippen molar-refractivity contribution in [2.45, 2.75) is 26.7 Å². The van der Waals surface area contributed by atoms with Crippen molar-refractivity contribution in [3.05, 3.63) is 41.6 Å². The molecule has 0 bridgehead atoms. The van der Waals surface area contributed by atoms with Crippen LogP contribution in [0.25, 0.3) is 11.1 Å². The lowest BCUT2D eigenvalue weighted by Crippen LogP contribution is -2.33. The van der Waals surface area contributed by atoms with E-state index in [0.29, 0.717) is 0 Å². The van der Waals surface area contributed by atoms with Gasteiger partial charge in [-0.25, -0.2) is 4.98 Å². The highest BCUT2D eigenvalue weighted by Gasteiger charge is 2.22. The average molecular weight is 322 g/mol. The van der Waals surface area contributed by atoms with Crippen LogP contribution in [0.15, 0.2) is 30.5 Å². The Morgan fingerprint density at radius 2 is 1.83 bits per heavy atom. The lowest BCUT2D eigenvalue weighted by atomic mass is 9.97. The number of fused-ring (bicyclic) bond motifs is 1. The van der Waals surface area contributed by atoms with Crippen LogP contribution in [0.2, 0.25) is 0 Å². The van der Waals surface area contributed by atoms with E-state index in [-0.39, 0.29) is 0 Å². The van der Waals surface area contributed by atoms with Crippen LogP contribution in [0.5, 0.6) is 0 Å². The summed E-state index contributed by atoms with van der Waals surface area (Å²) in [6.45, 7) is 9.96. The highest BCUT2D eigenvalue weighted by molar-refractivity contribution is 5.80. The predicted molar refractivity (Wildman–Crippen MR) is 101 cm³/mol. The Hall–Kier alpha value is -2.07. The maximum absolute atomic E-state index is 4.68. The molecule has 0 spiro atoms. The van der Waals surface area contributed by atoms with Crippen LogP contribution >= 0.6 is 0 Å².